The lowest BCUT2D eigenvalue weighted by molar-refractivity contribution is -0.138. The van der Waals surface area contributed by atoms with Crippen molar-refractivity contribution in [2.75, 3.05) is 0 Å². The lowest BCUT2D eigenvalue weighted by atomic mass is 9.96. The number of aromatic carboxylic acids is 1. The van der Waals surface area contributed by atoms with Crippen molar-refractivity contribution in [2.24, 2.45) is 0 Å². The van der Waals surface area contributed by atoms with E-state index in [1.807, 2.05) is 0 Å². The Kier molecular flexibility index (Phi) is 3.04. The predicted octanol–water partition coefficient (Wildman–Crippen LogP) is 1.71. The molecule has 0 heterocycles. The summed E-state index contributed by atoms with van der Waals surface area (Å²) in [6, 6.07) is 3.04. The van der Waals surface area contributed by atoms with Crippen molar-refractivity contribution in [3.8, 4) is 0 Å². The third-order valence-electron chi connectivity index (χ3n) is 2.08. The zero-order valence-electron chi connectivity index (χ0n) is 7.90. The summed E-state index contributed by atoms with van der Waals surface area (Å²) in [5, 5.41) is 17.5. The third kappa shape index (κ3) is 2.31. The molecule has 0 radical (unpaired) electrons. The molecule has 80 valence electrons. The Balaban J connectivity index is 3.28. The molecule has 1 atom stereocenters. The molecule has 0 amide bonds. The van der Waals surface area contributed by atoms with Crippen molar-refractivity contribution in [1.82, 2.24) is 0 Å². The largest absolute Gasteiger partial charge is 0.481 e. The fourth-order valence-electron chi connectivity index (χ4n) is 1.22. The molecular formula is C10H9FO4. The van der Waals surface area contributed by atoms with Crippen LogP contribution in [0.5, 0.6) is 0 Å². The molecule has 4 nitrogen and oxygen atoms in total. The van der Waals surface area contributed by atoms with Crippen molar-refractivity contribution >= 4 is 11.9 Å². The summed E-state index contributed by atoms with van der Waals surface area (Å²) in [7, 11) is 0. The van der Waals surface area contributed by atoms with E-state index < -0.39 is 23.7 Å². The summed E-state index contributed by atoms with van der Waals surface area (Å²) < 4.78 is 12.8. The molecule has 1 aromatic rings. The molecule has 0 aromatic heterocycles. The van der Waals surface area contributed by atoms with Gasteiger partial charge in [0.05, 0.1) is 11.5 Å². The highest BCUT2D eigenvalue weighted by molar-refractivity contribution is 5.91. The fourth-order valence-corrected chi connectivity index (χ4v) is 1.22. The highest BCUT2D eigenvalue weighted by Gasteiger charge is 2.21. The summed E-state index contributed by atoms with van der Waals surface area (Å²) in [5.74, 6) is -4.16. The van der Waals surface area contributed by atoms with E-state index in [4.69, 9.17) is 10.2 Å². The van der Waals surface area contributed by atoms with Crippen molar-refractivity contribution in [1.29, 1.82) is 0 Å². The second-order valence-electron chi connectivity index (χ2n) is 3.10. The zero-order chi connectivity index (χ0) is 11.6. The standard InChI is InChI=1S/C10H9FO4/c1-5(9(12)13)7-3-2-6(11)4-8(7)10(14)15/h2-5H,1H3,(H,12,13)(H,14,15). The van der Waals surface area contributed by atoms with Crippen molar-refractivity contribution in [3.63, 3.8) is 0 Å². The normalized spacial score (nSPS) is 12.1. The van der Waals surface area contributed by atoms with Crippen LogP contribution in [-0.4, -0.2) is 22.2 Å². The van der Waals surface area contributed by atoms with Gasteiger partial charge < -0.3 is 10.2 Å². The van der Waals surface area contributed by atoms with Crippen LogP contribution in [0.2, 0.25) is 0 Å². The first-order chi connectivity index (χ1) is 6.93. The SMILES string of the molecule is CC(C(=O)O)c1ccc(F)cc1C(=O)O. The molecule has 15 heavy (non-hydrogen) atoms. The van der Waals surface area contributed by atoms with Gasteiger partial charge in [0.2, 0.25) is 0 Å². The maximum Gasteiger partial charge on any atom is 0.336 e. The zero-order valence-corrected chi connectivity index (χ0v) is 7.90. The van der Waals surface area contributed by atoms with Gasteiger partial charge in [-0.25, -0.2) is 9.18 Å². The first-order valence-electron chi connectivity index (χ1n) is 4.19. The van der Waals surface area contributed by atoms with Gasteiger partial charge in [0, 0.05) is 0 Å². The van der Waals surface area contributed by atoms with Crippen LogP contribution in [0, 0.1) is 5.82 Å². The van der Waals surface area contributed by atoms with Crippen LogP contribution in [0.3, 0.4) is 0 Å². The van der Waals surface area contributed by atoms with Crippen LogP contribution in [0.1, 0.15) is 28.8 Å². The van der Waals surface area contributed by atoms with Crippen LogP contribution >= 0.6 is 0 Å². The Labute approximate surface area is 85.0 Å². The van der Waals surface area contributed by atoms with Crippen LogP contribution in [0.25, 0.3) is 0 Å². The summed E-state index contributed by atoms with van der Waals surface area (Å²) >= 11 is 0. The number of aliphatic carboxylic acids is 1. The average molecular weight is 212 g/mol. The van der Waals surface area contributed by atoms with Crippen molar-refractivity contribution in [2.45, 2.75) is 12.8 Å². The van der Waals surface area contributed by atoms with Crippen LogP contribution in [-0.2, 0) is 4.79 Å². The second-order valence-corrected chi connectivity index (χ2v) is 3.10. The third-order valence-corrected chi connectivity index (χ3v) is 2.08. The minimum atomic E-state index is -1.34. The Bertz CT molecular complexity index is 414. The van der Waals surface area contributed by atoms with E-state index in [-0.39, 0.29) is 11.1 Å². The Hall–Kier alpha value is -1.91. The molecule has 0 spiro atoms. The van der Waals surface area contributed by atoms with Gasteiger partial charge >= 0.3 is 11.9 Å². The number of hydrogen-bond donors (Lipinski definition) is 2. The molecule has 0 saturated heterocycles. The molecule has 2 N–H and O–H groups in total. The smallest absolute Gasteiger partial charge is 0.336 e. The highest BCUT2D eigenvalue weighted by Crippen LogP contribution is 2.21. The molecule has 1 rings (SSSR count). The number of carboxylic acids is 2. The Morgan fingerprint density at radius 2 is 1.93 bits per heavy atom. The van der Waals surface area contributed by atoms with E-state index in [1.54, 1.807) is 0 Å². The van der Waals surface area contributed by atoms with E-state index in [0.29, 0.717) is 0 Å². The number of carbonyl (C=O) groups is 2. The lowest BCUT2D eigenvalue weighted by Crippen LogP contribution is -2.13. The van der Waals surface area contributed by atoms with Gasteiger partial charge in [0.25, 0.3) is 0 Å². The molecule has 0 aliphatic heterocycles. The Morgan fingerprint density at radius 1 is 1.33 bits per heavy atom. The molecule has 0 bridgehead atoms. The fraction of sp³-hybridized carbons (Fsp3) is 0.200. The topological polar surface area (TPSA) is 74.6 Å². The van der Waals surface area contributed by atoms with Crippen molar-refractivity contribution in [3.05, 3.63) is 35.1 Å². The van der Waals surface area contributed by atoms with Gasteiger partial charge in [0.15, 0.2) is 0 Å². The van der Waals surface area contributed by atoms with E-state index in [0.717, 1.165) is 12.1 Å². The molecule has 1 aromatic carbocycles. The van der Waals surface area contributed by atoms with Gasteiger partial charge in [-0.05, 0) is 24.6 Å². The average Bonchev–Trinajstić information content (AvgIpc) is 2.16. The highest BCUT2D eigenvalue weighted by atomic mass is 19.1. The van der Waals surface area contributed by atoms with E-state index in [1.165, 1.54) is 13.0 Å². The molecule has 5 heteroatoms. The predicted molar refractivity (Wildman–Crippen MR) is 49.4 cm³/mol. The summed E-state index contributed by atoms with van der Waals surface area (Å²) in [4.78, 5) is 21.4. The van der Waals surface area contributed by atoms with E-state index in [9.17, 15) is 14.0 Å². The molecule has 0 aliphatic rings. The van der Waals surface area contributed by atoms with Crippen LogP contribution in [0.15, 0.2) is 18.2 Å². The summed E-state index contributed by atoms with van der Waals surface area (Å²) in [6.07, 6.45) is 0. The molecule has 0 saturated carbocycles. The van der Waals surface area contributed by atoms with Crippen LogP contribution < -0.4 is 0 Å². The number of hydrogen-bond acceptors (Lipinski definition) is 2. The maximum atomic E-state index is 12.8. The van der Waals surface area contributed by atoms with Gasteiger partial charge in [-0.2, -0.15) is 0 Å². The second kappa shape index (κ2) is 4.08. The number of carboxylic acid groups (broad SMARTS) is 2. The minimum absolute atomic E-state index is 0.0939. The monoisotopic (exact) mass is 212 g/mol. The minimum Gasteiger partial charge on any atom is -0.481 e. The summed E-state index contributed by atoms with van der Waals surface area (Å²) in [5.41, 5.74) is -0.221. The van der Waals surface area contributed by atoms with Gasteiger partial charge in [-0.1, -0.05) is 6.07 Å². The number of halogens is 1. The lowest BCUT2D eigenvalue weighted by Gasteiger charge is -2.09. The molecule has 1 unspecified atom stereocenters. The first kappa shape index (κ1) is 11.2. The van der Waals surface area contributed by atoms with Crippen LogP contribution in [0.4, 0.5) is 4.39 Å². The summed E-state index contributed by atoms with van der Waals surface area (Å²) in [6.45, 7) is 1.35. The maximum absolute atomic E-state index is 12.8. The van der Waals surface area contributed by atoms with E-state index in [2.05, 4.69) is 0 Å². The van der Waals surface area contributed by atoms with Gasteiger partial charge in [-0.15, -0.1) is 0 Å². The molecular weight excluding hydrogens is 203 g/mol. The quantitative estimate of drug-likeness (QED) is 0.799. The number of benzene rings is 1. The van der Waals surface area contributed by atoms with E-state index >= 15 is 0 Å². The van der Waals surface area contributed by atoms with Crippen molar-refractivity contribution < 1.29 is 24.2 Å². The molecule has 0 aliphatic carbocycles. The van der Waals surface area contributed by atoms with Gasteiger partial charge in [0.1, 0.15) is 5.82 Å². The first-order valence-corrected chi connectivity index (χ1v) is 4.19. The Morgan fingerprint density at radius 3 is 2.40 bits per heavy atom. The molecule has 0 fully saturated rings. The number of rotatable bonds is 3. The van der Waals surface area contributed by atoms with Gasteiger partial charge in [-0.3, -0.25) is 4.79 Å².